The number of aromatic nitrogens is 1. The van der Waals surface area contributed by atoms with E-state index in [0.717, 1.165) is 4.88 Å². The van der Waals surface area contributed by atoms with Crippen molar-refractivity contribution in [1.29, 1.82) is 0 Å². The largest absolute Gasteiger partial charge is 0.478 e. The molecule has 2 heterocycles. The predicted molar refractivity (Wildman–Crippen MR) is 76.2 cm³/mol. The first-order chi connectivity index (χ1) is 9.47. The molecule has 2 rings (SSSR count). The quantitative estimate of drug-likeness (QED) is 0.906. The van der Waals surface area contributed by atoms with Crippen molar-refractivity contribution in [2.75, 3.05) is 0 Å². The van der Waals surface area contributed by atoms with Gasteiger partial charge < -0.3 is 10.4 Å². The smallest absolute Gasteiger partial charge is 0.337 e. The first-order valence-corrected chi connectivity index (χ1v) is 6.82. The first-order valence-electron chi connectivity index (χ1n) is 6.01. The molecule has 0 atom stereocenters. The summed E-state index contributed by atoms with van der Waals surface area (Å²) < 4.78 is 0. The van der Waals surface area contributed by atoms with Gasteiger partial charge in [0.15, 0.2) is 0 Å². The van der Waals surface area contributed by atoms with Crippen LogP contribution in [0.2, 0.25) is 0 Å². The number of nitrogens with zero attached hydrogens (tertiary/aromatic N) is 1. The Hall–Kier alpha value is -2.21. The fourth-order valence-electron chi connectivity index (χ4n) is 1.65. The minimum atomic E-state index is -1.06. The number of aryl methyl sites for hydroxylation is 2. The molecular weight excluding hydrogens is 276 g/mol. The summed E-state index contributed by atoms with van der Waals surface area (Å²) in [6, 6.07) is 4.81. The number of aromatic carboxylic acids is 1. The van der Waals surface area contributed by atoms with Gasteiger partial charge in [-0.1, -0.05) is 0 Å². The molecule has 0 aliphatic carbocycles. The summed E-state index contributed by atoms with van der Waals surface area (Å²) in [7, 11) is 0. The molecule has 6 heteroatoms. The number of hydrogen-bond acceptors (Lipinski definition) is 4. The standard InChI is InChI=1S/C14H14N2O3S/c1-8-5-11(20-9(8)2)7-16-13(17)12-4-3-10(6-15-12)14(18)19/h3-6H,7H2,1-2H3,(H,16,17)(H,18,19). The minimum Gasteiger partial charge on any atom is -0.478 e. The van der Waals surface area contributed by atoms with Gasteiger partial charge in [-0.05, 0) is 37.6 Å². The average Bonchev–Trinajstić information content (AvgIpc) is 2.75. The number of hydrogen-bond donors (Lipinski definition) is 2. The molecule has 0 saturated carbocycles. The van der Waals surface area contributed by atoms with Crippen LogP contribution in [0.3, 0.4) is 0 Å². The summed E-state index contributed by atoms with van der Waals surface area (Å²) in [6.07, 6.45) is 1.18. The number of nitrogens with one attached hydrogen (secondary N) is 1. The monoisotopic (exact) mass is 290 g/mol. The number of carbonyl (C=O) groups is 2. The van der Waals surface area contributed by atoms with E-state index in [9.17, 15) is 9.59 Å². The van der Waals surface area contributed by atoms with Crippen molar-refractivity contribution in [2.24, 2.45) is 0 Å². The molecule has 0 bridgehead atoms. The topological polar surface area (TPSA) is 79.3 Å². The Bertz CT molecular complexity index is 627. The summed E-state index contributed by atoms with van der Waals surface area (Å²) in [5.41, 5.74) is 1.48. The van der Waals surface area contributed by atoms with E-state index in [1.54, 1.807) is 11.3 Å². The summed E-state index contributed by atoms with van der Waals surface area (Å²) in [6.45, 7) is 4.52. The van der Waals surface area contributed by atoms with Crippen molar-refractivity contribution in [1.82, 2.24) is 10.3 Å². The van der Waals surface area contributed by atoms with Crippen LogP contribution in [0.5, 0.6) is 0 Å². The first kappa shape index (κ1) is 14.2. The van der Waals surface area contributed by atoms with E-state index in [0.29, 0.717) is 6.54 Å². The van der Waals surface area contributed by atoms with Gasteiger partial charge in [0.05, 0.1) is 12.1 Å². The molecule has 0 aromatic carbocycles. The Morgan fingerprint density at radius 2 is 2.10 bits per heavy atom. The van der Waals surface area contributed by atoms with Gasteiger partial charge in [-0.2, -0.15) is 0 Å². The van der Waals surface area contributed by atoms with E-state index in [2.05, 4.69) is 10.3 Å². The second-order valence-corrected chi connectivity index (χ2v) is 5.71. The van der Waals surface area contributed by atoms with Gasteiger partial charge in [0.2, 0.25) is 0 Å². The van der Waals surface area contributed by atoms with Gasteiger partial charge in [-0.15, -0.1) is 11.3 Å². The molecule has 104 valence electrons. The lowest BCUT2D eigenvalue weighted by atomic mass is 10.2. The van der Waals surface area contributed by atoms with Crippen molar-refractivity contribution in [3.8, 4) is 0 Å². The van der Waals surface area contributed by atoms with Gasteiger partial charge in [0.1, 0.15) is 5.69 Å². The van der Waals surface area contributed by atoms with Crippen LogP contribution in [-0.4, -0.2) is 22.0 Å². The molecule has 0 aliphatic heterocycles. The minimum absolute atomic E-state index is 0.0612. The second-order valence-electron chi connectivity index (χ2n) is 4.37. The Morgan fingerprint density at radius 1 is 1.35 bits per heavy atom. The summed E-state index contributed by atoms with van der Waals surface area (Å²) in [5, 5.41) is 11.5. The number of amides is 1. The van der Waals surface area contributed by atoms with Gasteiger partial charge >= 0.3 is 5.97 Å². The lowest BCUT2D eigenvalue weighted by molar-refractivity contribution is 0.0695. The van der Waals surface area contributed by atoms with Crippen molar-refractivity contribution >= 4 is 23.2 Å². The molecule has 0 saturated heterocycles. The maximum absolute atomic E-state index is 11.9. The fourth-order valence-corrected chi connectivity index (χ4v) is 2.64. The number of rotatable bonds is 4. The molecule has 0 spiro atoms. The highest BCUT2D eigenvalue weighted by Crippen LogP contribution is 2.20. The molecular formula is C14H14N2O3S. The van der Waals surface area contributed by atoms with Gasteiger partial charge in [0.25, 0.3) is 5.91 Å². The van der Waals surface area contributed by atoms with Gasteiger partial charge in [-0.25, -0.2) is 4.79 Å². The van der Waals surface area contributed by atoms with Crippen LogP contribution in [0.1, 0.15) is 36.2 Å². The highest BCUT2D eigenvalue weighted by atomic mass is 32.1. The Kier molecular flexibility index (Phi) is 4.14. The van der Waals surface area contributed by atoms with E-state index in [-0.39, 0.29) is 17.2 Å². The van der Waals surface area contributed by atoms with Crippen molar-refractivity contribution in [3.63, 3.8) is 0 Å². The van der Waals surface area contributed by atoms with E-state index < -0.39 is 5.97 Å². The molecule has 5 nitrogen and oxygen atoms in total. The lowest BCUT2D eigenvalue weighted by Gasteiger charge is -2.03. The number of thiophene rings is 1. The number of pyridine rings is 1. The highest BCUT2D eigenvalue weighted by Gasteiger charge is 2.10. The van der Waals surface area contributed by atoms with Crippen molar-refractivity contribution in [2.45, 2.75) is 20.4 Å². The van der Waals surface area contributed by atoms with E-state index in [4.69, 9.17) is 5.11 Å². The maximum Gasteiger partial charge on any atom is 0.337 e. The molecule has 0 radical (unpaired) electrons. The number of carbonyl (C=O) groups excluding carboxylic acids is 1. The van der Waals surface area contributed by atoms with Crippen LogP contribution >= 0.6 is 11.3 Å². The second kappa shape index (κ2) is 5.83. The highest BCUT2D eigenvalue weighted by molar-refractivity contribution is 7.12. The molecule has 0 unspecified atom stereocenters. The Morgan fingerprint density at radius 3 is 2.60 bits per heavy atom. The van der Waals surface area contributed by atoms with Crippen LogP contribution in [0.4, 0.5) is 0 Å². The normalized spacial score (nSPS) is 10.3. The third-order valence-electron chi connectivity index (χ3n) is 2.88. The Balaban J connectivity index is 1.99. The van der Waals surface area contributed by atoms with Crippen molar-refractivity contribution in [3.05, 3.63) is 51.0 Å². The van der Waals surface area contributed by atoms with Crippen LogP contribution in [-0.2, 0) is 6.54 Å². The third kappa shape index (κ3) is 3.21. The average molecular weight is 290 g/mol. The predicted octanol–water partition coefficient (Wildman–Crippen LogP) is 2.39. The van der Waals surface area contributed by atoms with Crippen LogP contribution in [0.25, 0.3) is 0 Å². The number of carboxylic acids is 1. The van der Waals surface area contributed by atoms with Crippen LogP contribution in [0, 0.1) is 13.8 Å². The summed E-state index contributed by atoms with van der Waals surface area (Å²) >= 11 is 1.65. The maximum atomic E-state index is 11.9. The fraction of sp³-hybridized carbons (Fsp3) is 0.214. The molecule has 1 amide bonds. The van der Waals surface area contributed by atoms with Crippen LogP contribution in [0.15, 0.2) is 24.4 Å². The van der Waals surface area contributed by atoms with E-state index in [1.807, 2.05) is 19.9 Å². The SMILES string of the molecule is Cc1cc(CNC(=O)c2ccc(C(=O)O)cn2)sc1C. The Labute approximate surface area is 120 Å². The lowest BCUT2D eigenvalue weighted by Crippen LogP contribution is -2.23. The summed E-state index contributed by atoms with van der Waals surface area (Å²) in [4.78, 5) is 28.7. The van der Waals surface area contributed by atoms with Gasteiger partial charge in [-0.3, -0.25) is 9.78 Å². The molecule has 0 fully saturated rings. The molecule has 2 N–H and O–H groups in total. The van der Waals surface area contributed by atoms with Gasteiger partial charge in [0, 0.05) is 16.0 Å². The van der Waals surface area contributed by atoms with E-state index >= 15 is 0 Å². The molecule has 0 aliphatic rings. The molecule has 2 aromatic rings. The zero-order valence-electron chi connectivity index (χ0n) is 11.1. The zero-order valence-corrected chi connectivity index (χ0v) is 12.0. The summed E-state index contributed by atoms with van der Waals surface area (Å²) in [5.74, 6) is -1.38. The van der Waals surface area contributed by atoms with E-state index in [1.165, 1.54) is 28.8 Å². The zero-order chi connectivity index (χ0) is 14.7. The van der Waals surface area contributed by atoms with Crippen LogP contribution < -0.4 is 5.32 Å². The molecule has 2 aromatic heterocycles. The van der Waals surface area contributed by atoms with Crippen molar-refractivity contribution < 1.29 is 14.7 Å². The third-order valence-corrected chi connectivity index (χ3v) is 4.04. The number of carboxylic acid groups (broad SMARTS) is 1. The molecule has 20 heavy (non-hydrogen) atoms.